The Balaban J connectivity index is 1.58. The topological polar surface area (TPSA) is 58.8 Å². The fourth-order valence-corrected chi connectivity index (χ4v) is 3.53. The maximum Gasteiger partial charge on any atom is 0.292 e. The standard InChI is InChI=1S/C16H23N3O3/c1-10-14(22-15(17-10)11-3-4-11)16(20)19-7-8-21-13-5-6-18(2)9-12(13)19/h11-13H,3-9H2,1-2H3/t12-,13+/m0/s1. The highest BCUT2D eigenvalue weighted by Crippen LogP contribution is 2.40. The first-order valence-electron chi connectivity index (χ1n) is 8.22. The van der Waals surface area contributed by atoms with Crippen molar-refractivity contribution in [1.29, 1.82) is 0 Å². The molecule has 1 aromatic heterocycles. The first-order valence-corrected chi connectivity index (χ1v) is 8.22. The van der Waals surface area contributed by atoms with E-state index >= 15 is 0 Å². The second-order valence-electron chi connectivity index (χ2n) is 6.77. The summed E-state index contributed by atoms with van der Waals surface area (Å²) in [5.74, 6) is 1.58. The van der Waals surface area contributed by atoms with Crippen molar-refractivity contribution in [3.63, 3.8) is 0 Å². The van der Waals surface area contributed by atoms with E-state index in [1.807, 2.05) is 11.8 Å². The van der Waals surface area contributed by atoms with Gasteiger partial charge in [-0.25, -0.2) is 4.98 Å². The molecule has 0 radical (unpaired) electrons. The quantitative estimate of drug-likeness (QED) is 0.827. The highest BCUT2D eigenvalue weighted by Gasteiger charge is 2.40. The van der Waals surface area contributed by atoms with E-state index in [2.05, 4.69) is 16.9 Å². The average Bonchev–Trinajstić information content (AvgIpc) is 3.29. The van der Waals surface area contributed by atoms with Crippen molar-refractivity contribution >= 4 is 5.91 Å². The number of fused-ring (bicyclic) bond motifs is 1. The van der Waals surface area contributed by atoms with Gasteiger partial charge in [0.2, 0.25) is 5.76 Å². The number of morpholine rings is 1. The second-order valence-corrected chi connectivity index (χ2v) is 6.77. The Morgan fingerprint density at radius 1 is 1.27 bits per heavy atom. The Morgan fingerprint density at radius 3 is 2.86 bits per heavy atom. The number of ether oxygens (including phenoxy) is 1. The fourth-order valence-electron chi connectivity index (χ4n) is 3.53. The molecule has 120 valence electrons. The van der Waals surface area contributed by atoms with Crippen molar-refractivity contribution in [3.8, 4) is 0 Å². The third-order valence-electron chi connectivity index (χ3n) is 4.98. The highest BCUT2D eigenvalue weighted by molar-refractivity contribution is 5.92. The van der Waals surface area contributed by atoms with Crippen LogP contribution < -0.4 is 0 Å². The summed E-state index contributed by atoms with van der Waals surface area (Å²) in [6, 6.07) is 0.119. The molecule has 3 heterocycles. The van der Waals surface area contributed by atoms with Gasteiger partial charge in [0.25, 0.3) is 5.91 Å². The number of hydrogen-bond donors (Lipinski definition) is 0. The Labute approximate surface area is 130 Å². The summed E-state index contributed by atoms with van der Waals surface area (Å²) in [7, 11) is 2.10. The van der Waals surface area contributed by atoms with Crippen molar-refractivity contribution in [2.24, 2.45) is 0 Å². The summed E-state index contributed by atoms with van der Waals surface area (Å²) < 4.78 is 11.7. The maximum absolute atomic E-state index is 13.0. The van der Waals surface area contributed by atoms with Crippen LogP contribution in [0.5, 0.6) is 0 Å². The van der Waals surface area contributed by atoms with Crippen molar-refractivity contribution in [1.82, 2.24) is 14.8 Å². The molecule has 0 bridgehead atoms. The van der Waals surface area contributed by atoms with Crippen LogP contribution >= 0.6 is 0 Å². The van der Waals surface area contributed by atoms with Crippen molar-refractivity contribution < 1.29 is 13.9 Å². The van der Waals surface area contributed by atoms with Gasteiger partial charge < -0.3 is 19.0 Å². The zero-order chi connectivity index (χ0) is 15.3. The van der Waals surface area contributed by atoms with Crippen LogP contribution in [0.15, 0.2) is 4.42 Å². The van der Waals surface area contributed by atoms with Crippen molar-refractivity contribution in [3.05, 3.63) is 17.3 Å². The van der Waals surface area contributed by atoms with E-state index in [0.29, 0.717) is 24.8 Å². The number of rotatable bonds is 2. The highest BCUT2D eigenvalue weighted by atomic mass is 16.5. The summed E-state index contributed by atoms with van der Waals surface area (Å²) >= 11 is 0. The molecule has 6 heteroatoms. The molecular formula is C16H23N3O3. The van der Waals surface area contributed by atoms with Crippen LogP contribution in [0.3, 0.4) is 0 Å². The number of likely N-dealkylation sites (tertiary alicyclic amines) is 1. The molecule has 1 amide bonds. The van der Waals surface area contributed by atoms with E-state index < -0.39 is 0 Å². The monoisotopic (exact) mass is 305 g/mol. The third kappa shape index (κ3) is 2.44. The Morgan fingerprint density at radius 2 is 2.09 bits per heavy atom. The van der Waals surface area contributed by atoms with Gasteiger partial charge in [-0.1, -0.05) is 0 Å². The molecule has 0 spiro atoms. The van der Waals surface area contributed by atoms with E-state index in [9.17, 15) is 4.79 Å². The number of aryl methyl sites for hydroxylation is 1. The number of likely N-dealkylation sites (N-methyl/N-ethyl adjacent to an activating group) is 1. The lowest BCUT2D eigenvalue weighted by Crippen LogP contribution is -2.60. The van der Waals surface area contributed by atoms with Crippen LogP contribution in [0.1, 0.15) is 47.3 Å². The molecule has 2 aliphatic heterocycles. The summed E-state index contributed by atoms with van der Waals surface area (Å²) in [4.78, 5) is 21.6. The second kappa shape index (κ2) is 5.35. The van der Waals surface area contributed by atoms with Crippen LogP contribution in [0.2, 0.25) is 0 Å². The number of amides is 1. The van der Waals surface area contributed by atoms with Gasteiger partial charge in [0.1, 0.15) is 0 Å². The lowest BCUT2D eigenvalue weighted by molar-refractivity contribution is -0.0876. The number of nitrogens with zero attached hydrogens (tertiary/aromatic N) is 3. The minimum absolute atomic E-state index is 0.0227. The summed E-state index contributed by atoms with van der Waals surface area (Å²) in [6.07, 6.45) is 3.38. The van der Waals surface area contributed by atoms with Crippen LogP contribution in [0.25, 0.3) is 0 Å². The van der Waals surface area contributed by atoms with Gasteiger partial charge in [-0.15, -0.1) is 0 Å². The first-order chi connectivity index (χ1) is 10.6. The van der Waals surface area contributed by atoms with E-state index in [4.69, 9.17) is 9.15 Å². The molecule has 4 rings (SSSR count). The van der Waals surface area contributed by atoms with E-state index in [-0.39, 0.29) is 18.1 Å². The lowest BCUT2D eigenvalue weighted by atomic mass is 9.99. The molecule has 0 N–H and O–H groups in total. The van der Waals surface area contributed by atoms with Crippen LogP contribution in [-0.2, 0) is 4.74 Å². The van der Waals surface area contributed by atoms with Crippen LogP contribution in [0.4, 0.5) is 0 Å². The molecule has 2 saturated heterocycles. The zero-order valence-corrected chi connectivity index (χ0v) is 13.2. The zero-order valence-electron chi connectivity index (χ0n) is 13.2. The summed E-state index contributed by atoms with van der Waals surface area (Å²) in [5, 5.41) is 0. The SMILES string of the molecule is Cc1nc(C2CC2)oc1C(=O)N1CCO[C@@H]2CCN(C)C[C@@H]21. The average molecular weight is 305 g/mol. The van der Waals surface area contributed by atoms with Gasteiger partial charge in [-0.3, -0.25) is 4.79 Å². The van der Waals surface area contributed by atoms with Gasteiger partial charge >= 0.3 is 0 Å². The Hall–Kier alpha value is -1.40. The third-order valence-corrected chi connectivity index (χ3v) is 4.98. The first kappa shape index (κ1) is 14.2. The number of aromatic nitrogens is 1. The number of oxazole rings is 1. The van der Waals surface area contributed by atoms with Crippen molar-refractivity contribution in [2.45, 2.75) is 44.2 Å². The molecule has 0 unspecified atom stereocenters. The Kier molecular flexibility index (Phi) is 3.46. The number of carbonyl (C=O) groups is 1. The van der Waals surface area contributed by atoms with Gasteiger partial charge in [0.15, 0.2) is 5.89 Å². The van der Waals surface area contributed by atoms with Crippen molar-refractivity contribution in [2.75, 3.05) is 33.3 Å². The molecular weight excluding hydrogens is 282 g/mol. The molecule has 3 aliphatic rings. The largest absolute Gasteiger partial charge is 0.435 e. The van der Waals surface area contributed by atoms with Gasteiger partial charge in [-0.05, 0) is 33.2 Å². The summed E-state index contributed by atoms with van der Waals surface area (Å²) in [6.45, 7) is 5.00. The molecule has 1 saturated carbocycles. The molecule has 6 nitrogen and oxygen atoms in total. The molecule has 1 aromatic rings. The van der Waals surface area contributed by atoms with Gasteiger partial charge in [0.05, 0.1) is 24.4 Å². The molecule has 0 aromatic carbocycles. The number of hydrogen-bond acceptors (Lipinski definition) is 5. The predicted octanol–water partition coefficient (Wildman–Crippen LogP) is 1.41. The minimum Gasteiger partial charge on any atom is -0.435 e. The molecule has 1 aliphatic carbocycles. The van der Waals surface area contributed by atoms with Crippen LogP contribution in [0, 0.1) is 6.92 Å². The van der Waals surface area contributed by atoms with Gasteiger partial charge in [-0.2, -0.15) is 0 Å². The smallest absolute Gasteiger partial charge is 0.292 e. The number of piperidine rings is 1. The predicted molar refractivity (Wildman–Crippen MR) is 79.9 cm³/mol. The summed E-state index contributed by atoms with van der Waals surface area (Å²) in [5.41, 5.74) is 0.721. The van der Waals surface area contributed by atoms with Crippen LogP contribution in [-0.4, -0.2) is 66.1 Å². The minimum atomic E-state index is -0.0227. The van der Waals surface area contributed by atoms with E-state index in [0.717, 1.165) is 43.9 Å². The maximum atomic E-state index is 13.0. The molecule has 22 heavy (non-hydrogen) atoms. The van der Waals surface area contributed by atoms with Gasteiger partial charge in [0, 0.05) is 25.6 Å². The Bertz CT molecular complexity index is 581. The molecule has 2 atom stereocenters. The fraction of sp³-hybridized carbons (Fsp3) is 0.750. The number of carbonyl (C=O) groups excluding carboxylic acids is 1. The molecule has 3 fully saturated rings. The van der Waals surface area contributed by atoms with E-state index in [1.54, 1.807) is 0 Å². The lowest BCUT2D eigenvalue weighted by Gasteiger charge is -2.45. The normalized spacial score (nSPS) is 29.5. The van der Waals surface area contributed by atoms with E-state index in [1.165, 1.54) is 0 Å².